The predicted octanol–water partition coefficient (Wildman–Crippen LogP) is 4.21. The van der Waals surface area contributed by atoms with E-state index in [2.05, 4.69) is 5.32 Å². The topological polar surface area (TPSA) is 30.5 Å². The largest absolute Gasteiger partial charge is 0.493 e. The van der Waals surface area contributed by atoms with Crippen LogP contribution in [0.15, 0.2) is 36.4 Å². The van der Waals surface area contributed by atoms with Gasteiger partial charge < -0.3 is 14.8 Å². The Bertz CT molecular complexity index is 623. The van der Waals surface area contributed by atoms with Gasteiger partial charge in [-0.25, -0.2) is 4.39 Å². The van der Waals surface area contributed by atoms with Gasteiger partial charge in [-0.1, -0.05) is 29.8 Å². The molecule has 3 nitrogen and oxygen atoms in total. The van der Waals surface area contributed by atoms with E-state index in [1.165, 1.54) is 12.1 Å². The summed E-state index contributed by atoms with van der Waals surface area (Å²) in [7, 11) is 3.45. The molecule has 2 aromatic rings. The summed E-state index contributed by atoms with van der Waals surface area (Å²) in [6.45, 7) is 0.903. The standard InChI is InChI=1S/C16H17ClFNO2.ClH/c1-19-9-11-4-3-5-15(20-2)16(11)21-10-12-6-7-13(18)8-14(12)17;/h3-8,19H,9-10H2,1-2H3;1H. The zero-order chi connectivity index (χ0) is 15.2. The summed E-state index contributed by atoms with van der Waals surface area (Å²) in [5.74, 6) is 0.952. The molecule has 0 aliphatic heterocycles. The molecule has 0 aliphatic rings. The highest BCUT2D eigenvalue weighted by Gasteiger charge is 2.11. The predicted molar refractivity (Wildman–Crippen MR) is 88.7 cm³/mol. The second kappa shape index (κ2) is 8.83. The molecule has 22 heavy (non-hydrogen) atoms. The summed E-state index contributed by atoms with van der Waals surface area (Å²) in [5, 5.41) is 3.43. The zero-order valence-electron chi connectivity index (χ0n) is 12.4. The fraction of sp³-hybridized carbons (Fsp3) is 0.250. The van der Waals surface area contributed by atoms with Crippen LogP contribution in [0.3, 0.4) is 0 Å². The highest BCUT2D eigenvalue weighted by molar-refractivity contribution is 6.31. The average Bonchev–Trinajstić information content (AvgIpc) is 2.47. The van der Waals surface area contributed by atoms with Gasteiger partial charge in [0.05, 0.1) is 12.1 Å². The second-order valence-electron chi connectivity index (χ2n) is 4.50. The van der Waals surface area contributed by atoms with E-state index in [0.717, 1.165) is 11.1 Å². The number of halogens is 3. The van der Waals surface area contributed by atoms with Gasteiger partial charge in [-0.05, 0) is 25.2 Å². The number of hydrogen-bond donors (Lipinski definition) is 1. The second-order valence-corrected chi connectivity index (χ2v) is 4.91. The van der Waals surface area contributed by atoms with Crippen molar-refractivity contribution >= 4 is 24.0 Å². The molecule has 2 aromatic carbocycles. The summed E-state index contributed by atoms with van der Waals surface area (Å²) < 4.78 is 24.2. The van der Waals surface area contributed by atoms with Crippen molar-refractivity contribution in [3.63, 3.8) is 0 Å². The van der Waals surface area contributed by atoms with Gasteiger partial charge in [-0.15, -0.1) is 12.4 Å². The number of benzene rings is 2. The summed E-state index contributed by atoms with van der Waals surface area (Å²) in [6.07, 6.45) is 0. The molecule has 0 bridgehead atoms. The lowest BCUT2D eigenvalue weighted by atomic mass is 10.1. The third-order valence-electron chi connectivity index (χ3n) is 3.03. The summed E-state index contributed by atoms with van der Waals surface area (Å²) in [6, 6.07) is 9.95. The number of nitrogens with one attached hydrogen (secondary N) is 1. The van der Waals surface area contributed by atoms with Crippen LogP contribution in [0.25, 0.3) is 0 Å². The van der Waals surface area contributed by atoms with Crippen LogP contribution >= 0.6 is 24.0 Å². The van der Waals surface area contributed by atoms with Crippen LogP contribution in [0.4, 0.5) is 4.39 Å². The van der Waals surface area contributed by atoms with E-state index in [9.17, 15) is 4.39 Å². The molecule has 0 atom stereocenters. The molecule has 0 unspecified atom stereocenters. The Morgan fingerprint density at radius 3 is 2.59 bits per heavy atom. The number of rotatable bonds is 6. The van der Waals surface area contributed by atoms with E-state index in [1.807, 2.05) is 25.2 Å². The Kier molecular flexibility index (Phi) is 7.45. The molecule has 0 saturated heterocycles. The molecular formula is C16H18Cl2FNO2. The van der Waals surface area contributed by atoms with E-state index in [4.69, 9.17) is 21.1 Å². The van der Waals surface area contributed by atoms with Crippen LogP contribution < -0.4 is 14.8 Å². The minimum Gasteiger partial charge on any atom is -0.493 e. The average molecular weight is 346 g/mol. The molecule has 6 heteroatoms. The van der Waals surface area contributed by atoms with Crippen LogP contribution in [0, 0.1) is 5.82 Å². The van der Waals surface area contributed by atoms with Crippen LogP contribution in [0.2, 0.25) is 5.02 Å². The van der Waals surface area contributed by atoms with Crippen LogP contribution in [-0.4, -0.2) is 14.2 Å². The van der Waals surface area contributed by atoms with E-state index < -0.39 is 0 Å². The number of methoxy groups -OCH3 is 1. The summed E-state index contributed by atoms with van der Waals surface area (Å²) >= 11 is 6.01. The monoisotopic (exact) mass is 345 g/mol. The van der Waals surface area contributed by atoms with E-state index in [-0.39, 0.29) is 24.8 Å². The van der Waals surface area contributed by atoms with Crippen molar-refractivity contribution in [1.82, 2.24) is 5.32 Å². The first-order valence-electron chi connectivity index (χ1n) is 6.53. The highest BCUT2D eigenvalue weighted by Crippen LogP contribution is 2.32. The Hall–Kier alpha value is -1.49. The van der Waals surface area contributed by atoms with Crippen molar-refractivity contribution in [3.8, 4) is 11.5 Å². The van der Waals surface area contributed by atoms with Crippen molar-refractivity contribution in [2.45, 2.75) is 13.2 Å². The molecule has 0 radical (unpaired) electrons. The lowest BCUT2D eigenvalue weighted by molar-refractivity contribution is 0.281. The lowest BCUT2D eigenvalue weighted by Gasteiger charge is -2.15. The molecule has 0 saturated carbocycles. The van der Waals surface area contributed by atoms with Gasteiger partial charge in [-0.3, -0.25) is 0 Å². The SMILES string of the molecule is CNCc1cccc(OC)c1OCc1ccc(F)cc1Cl.Cl. The van der Waals surface area contributed by atoms with Crippen molar-refractivity contribution in [1.29, 1.82) is 0 Å². The normalized spacial score (nSPS) is 10.0. The van der Waals surface area contributed by atoms with Gasteiger partial charge in [0.25, 0.3) is 0 Å². The summed E-state index contributed by atoms with van der Waals surface area (Å²) in [4.78, 5) is 0. The van der Waals surface area contributed by atoms with Gasteiger partial charge in [0.1, 0.15) is 12.4 Å². The number of para-hydroxylation sites is 1. The third kappa shape index (κ3) is 4.50. The Morgan fingerprint density at radius 2 is 1.95 bits per heavy atom. The van der Waals surface area contributed by atoms with Crippen LogP contribution in [0.1, 0.15) is 11.1 Å². The molecule has 0 aromatic heterocycles. The van der Waals surface area contributed by atoms with E-state index >= 15 is 0 Å². The molecule has 0 amide bonds. The molecule has 2 rings (SSSR count). The molecule has 0 heterocycles. The Labute approximate surface area is 140 Å². The van der Waals surface area contributed by atoms with Gasteiger partial charge in [0, 0.05) is 17.7 Å². The van der Waals surface area contributed by atoms with Crippen molar-refractivity contribution in [3.05, 3.63) is 58.4 Å². The Balaban J connectivity index is 0.00000242. The maximum absolute atomic E-state index is 13.0. The number of ether oxygens (including phenoxy) is 2. The highest BCUT2D eigenvalue weighted by atomic mass is 35.5. The van der Waals surface area contributed by atoms with Crippen molar-refractivity contribution < 1.29 is 13.9 Å². The quantitative estimate of drug-likeness (QED) is 0.850. The van der Waals surface area contributed by atoms with E-state index in [0.29, 0.717) is 23.1 Å². The number of hydrogen-bond acceptors (Lipinski definition) is 3. The molecule has 0 aliphatic carbocycles. The van der Waals surface area contributed by atoms with Crippen LogP contribution in [-0.2, 0) is 13.2 Å². The zero-order valence-corrected chi connectivity index (χ0v) is 13.9. The fourth-order valence-electron chi connectivity index (χ4n) is 2.00. The first kappa shape index (κ1) is 18.6. The summed E-state index contributed by atoms with van der Waals surface area (Å²) in [5.41, 5.74) is 1.70. The third-order valence-corrected chi connectivity index (χ3v) is 3.39. The van der Waals surface area contributed by atoms with Crippen molar-refractivity contribution in [2.24, 2.45) is 0 Å². The molecule has 0 fully saturated rings. The molecule has 1 N–H and O–H groups in total. The van der Waals surface area contributed by atoms with Gasteiger partial charge in [-0.2, -0.15) is 0 Å². The molecular weight excluding hydrogens is 328 g/mol. The van der Waals surface area contributed by atoms with Gasteiger partial charge >= 0.3 is 0 Å². The fourth-order valence-corrected chi connectivity index (χ4v) is 2.23. The Morgan fingerprint density at radius 1 is 1.18 bits per heavy atom. The van der Waals surface area contributed by atoms with Crippen LogP contribution in [0.5, 0.6) is 11.5 Å². The first-order valence-corrected chi connectivity index (χ1v) is 6.90. The minimum absolute atomic E-state index is 0. The van der Waals surface area contributed by atoms with E-state index in [1.54, 1.807) is 13.2 Å². The maximum Gasteiger partial charge on any atom is 0.166 e. The molecule has 0 spiro atoms. The smallest absolute Gasteiger partial charge is 0.166 e. The molecule has 120 valence electrons. The van der Waals surface area contributed by atoms with Gasteiger partial charge in [0.15, 0.2) is 11.5 Å². The van der Waals surface area contributed by atoms with Crippen molar-refractivity contribution in [2.75, 3.05) is 14.2 Å². The lowest BCUT2D eigenvalue weighted by Crippen LogP contribution is -2.08. The van der Waals surface area contributed by atoms with Gasteiger partial charge in [0.2, 0.25) is 0 Å². The maximum atomic E-state index is 13.0. The minimum atomic E-state index is -0.364. The first-order chi connectivity index (χ1) is 10.2.